The SMILES string of the molecule is COC(=O)c1cc(Cl)ccc1NCC1CCCN(C)C1. The highest BCUT2D eigenvalue weighted by molar-refractivity contribution is 6.31. The number of benzene rings is 1. The highest BCUT2D eigenvalue weighted by atomic mass is 35.5. The molecule has 1 aromatic rings. The zero-order valence-corrected chi connectivity index (χ0v) is 12.7. The summed E-state index contributed by atoms with van der Waals surface area (Å²) in [6.45, 7) is 3.12. The lowest BCUT2D eigenvalue weighted by Crippen LogP contribution is -2.35. The zero-order chi connectivity index (χ0) is 14.5. The molecule has 0 amide bonds. The normalized spacial score (nSPS) is 19.6. The first-order valence-electron chi connectivity index (χ1n) is 6.90. The minimum Gasteiger partial charge on any atom is -0.465 e. The fourth-order valence-electron chi connectivity index (χ4n) is 2.64. The molecule has 2 rings (SSSR count). The maximum absolute atomic E-state index is 11.8. The number of anilines is 1. The molecule has 0 saturated carbocycles. The van der Waals surface area contributed by atoms with Crippen molar-refractivity contribution in [2.45, 2.75) is 12.8 Å². The van der Waals surface area contributed by atoms with Crippen molar-refractivity contribution in [3.63, 3.8) is 0 Å². The minimum atomic E-state index is -0.365. The molecular weight excluding hydrogens is 276 g/mol. The molecule has 1 N–H and O–H groups in total. The summed E-state index contributed by atoms with van der Waals surface area (Å²) in [4.78, 5) is 14.1. The maximum atomic E-state index is 11.8. The summed E-state index contributed by atoms with van der Waals surface area (Å²) in [6, 6.07) is 5.26. The minimum absolute atomic E-state index is 0.365. The van der Waals surface area contributed by atoms with Gasteiger partial charge in [0.15, 0.2) is 0 Å². The Balaban J connectivity index is 2.03. The Morgan fingerprint density at radius 1 is 1.55 bits per heavy atom. The summed E-state index contributed by atoms with van der Waals surface area (Å²) < 4.78 is 4.79. The number of carbonyl (C=O) groups excluding carboxylic acids is 1. The van der Waals surface area contributed by atoms with Crippen LogP contribution in [0.25, 0.3) is 0 Å². The molecule has 110 valence electrons. The molecule has 0 aliphatic carbocycles. The summed E-state index contributed by atoms with van der Waals surface area (Å²) in [5.41, 5.74) is 1.28. The van der Waals surface area contributed by atoms with E-state index >= 15 is 0 Å². The molecule has 1 aliphatic rings. The Hall–Kier alpha value is -1.26. The van der Waals surface area contributed by atoms with Gasteiger partial charge in [-0.15, -0.1) is 0 Å². The predicted molar refractivity (Wildman–Crippen MR) is 81.5 cm³/mol. The van der Waals surface area contributed by atoms with Crippen LogP contribution < -0.4 is 5.32 Å². The maximum Gasteiger partial charge on any atom is 0.340 e. The smallest absolute Gasteiger partial charge is 0.340 e. The third-order valence-corrected chi connectivity index (χ3v) is 3.93. The van der Waals surface area contributed by atoms with Crippen molar-refractivity contribution in [1.29, 1.82) is 0 Å². The van der Waals surface area contributed by atoms with E-state index < -0.39 is 0 Å². The van der Waals surface area contributed by atoms with Crippen molar-refractivity contribution >= 4 is 23.3 Å². The van der Waals surface area contributed by atoms with Crippen molar-refractivity contribution < 1.29 is 9.53 Å². The summed E-state index contributed by atoms with van der Waals surface area (Å²) in [6.07, 6.45) is 2.45. The van der Waals surface area contributed by atoms with Crippen LogP contribution in [0.2, 0.25) is 5.02 Å². The van der Waals surface area contributed by atoms with Gasteiger partial charge in [0.2, 0.25) is 0 Å². The van der Waals surface area contributed by atoms with Crippen LogP contribution >= 0.6 is 11.6 Å². The Morgan fingerprint density at radius 2 is 2.35 bits per heavy atom. The van der Waals surface area contributed by atoms with Gasteiger partial charge in [-0.1, -0.05) is 11.6 Å². The van der Waals surface area contributed by atoms with Crippen molar-refractivity contribution in [1.82, 2.24) is 4.90 Å². The number of piperidine rings is 1. The predicted octanol–water partition coefficient (Wildman–Crippen LogP) is 2.88. The third kappa shape index (κ3) is 3.87. The average Bonchev–Trinajstić information content (AvgIpc) is 2.45. The number of methoxy groups -OCH3 is 1. The fourth-order valence-corrected chi connectivity index (χ4v) is 2.82. The van der Waals surface area contributed by atoms with E-state index in [1.165, 1.54) is 26.5 Å². The van der Waals surface area contributed by atoms with E-state index in [1.54, 1.807) is 12.1 Å². The van der Waals surface area contributed by atoms with Gasteiger partial charge in [0.05, 0.1) is 12.7 Å². The van der Waals surface area contributed by atoms with E-state index in [2.05, 4.69) is 17.3 Å². The van der Waals surface area contributed by atoms with Crippen LogP contribution in [-0.2, 0) is 4.74 Å². The molecule has 1 saturated heterocycles. The quantitative estimate of drug-likeness (QED) is 0.868. The largest absolute Gasteiger partial charge is 0.465 e. The standard InChI is InChI=1S/C15H21ClN2O2/c1-18-7-3-4-11(10-18)9-17-14-6-5-12(16)8-13(14)15(19)20-2/h5-6,8,11,17H,3-4,7,9-10H2,1-2H3. The number of likely N-dealkylation sites (tertiary alicyclic amines) is 1. The van der Waals surface area contributed by atoms with E-state index in [0.717, 1.165) is 18.8 Å². The Morgan fingerprint density at radius 3 is 3.05 bits per heavy atom. The van der Waals surface area contributed by atoms with Gasteiger partial charge in [0.1, 0.15) is 0 Å². The molecule has 1 unspecified atom stereocenters. The number of hydrogen-bond acceptors (Lipinski definition) is 4. The first kappa shape index (κ1) is 15.1. The highest BCUT2D eigenvalue weighted by Crippen LogP contribution is 2.23. The summed E-state index contributed by atoms with van der Waals surface area (Å²) in [5, 5.41) is 3.90. The van der Waals surface area contributed by atoms with Crippen LogP contribution in [0.3, 0.4) is 0 Å². The Kier molecular flexibility index (Phi) is 5.26. The fraction of sp³-hybridized carbons (Fsp3) is 0.533. The Labute approximate surface area is 125 Å². The second-order valence-electron chi connectivity index (χ2n) is 5.33. The van der Waals surface area contributed by atoms with Gasteiger partial charge in [0, 0.05) is 23.8 Å². The molecule has 1 atom stereocenters. The summed E-state index contributed by atoms with van der Waals surface area (Å²) in [7, 11) is 3.53. The molecule has 0 spiro atoms. The number of rotatable bonds is 4. The third-order valence-electron chi connectivity index (χ3n) is 3.69. The molecule has 20 heavy (non-hydrogen) atoms. The van der Waals surface area contributed by atoms with E-state index in [-0.39, 0.29) is 5.97 Å². The lowest BCUT2D eigenvalue weighted by molar-refractivity contribution is 0.0602. The average molecular weight is 297 g/mol. The van der Waals surface area contributed by atoms with Crippen molar-refractivity contribution in [2.24, 2.45) is 5.92 Å². The molecule has 1 aliphatic heterocycles. The van der Waals surface area contributed by atoms with Crippen LogP contribution in [0.4, 0.5) is 5.69 Å². The van der Waals surface area contributed by atoms with Crippen molar-refractivity contribution in [2.75, 3.05) is 39.1 Å². The zero-order valence-electron chi connectivity index (χ0n) is 12.0. The number of esters is 1. The second kappa shape index (κ2) is 6.95. The molecule has 4 nitrogen and oxygen atoms in total. The van der Waals surface area contributed by atoms with Crippen LogP contribution in [-0.4, -0.2) is 44.7 Å². The number of nitrogens with one attached hydrogen (secondary N) is 1. The highest BCUT2D eigenvalue weighted by Gasteiger charge is 2.18. The molecular formula is C15H21ClN2O2. The number of carbonyl (C=O) groups is 1. The molecule has 1 aromatic carbocycles. The van der Waals surface area contributed by atoms with Crippen LogP contribution in [0.15, 0.2) is 18.2 Å². The van der Waals surface area contributed by atoms with Crippen LogP contribution in [0.1, 0.15) is 23.2 Å². The van der Waals surface area contributed by atoms with E-state index in [4.69, 9.17) is 16.3 Å². The molecule has 0 radical (unpaired) electrons. The first-order valence-corrected chi connectivity index (χ1v) is 7.28. The van der Waals surface area contributed by atoms with E-state index in [0.29, 0.717) is 16.5 Å². The monoisotopic (exact) mass is 296 g/mol. The molecule has 1 heterocycles. The van der Waals surface area contributed by atoms with Crippen LogP contribution in [0, 0.1) is 5.92 Å². The molecule has 1 fully saturated rings. The van der Waals surface area contributed by atoms with Gasteiger partial charge < -0.3 is 15.0 Å². The number of hydrogen-bond donors (Lipinski definition) is 1. The van der Waals surface area contributed by atoms with Gasteiger partial charge in [-0.25, -0.2) is 4.79 Å². The van der Waals surface area contributed by atoms with Gasteiger partial charge in [-0.2, -0.15) is 0 Å². The van der Waals surface area contributed by atoms with Crippen molar-refractivity contribution in [3.8, 4) is 0 Å². The second-order valence-corrected chi connectivity index (χ2v) is 5.77. The van der Waals surface area contributed by atoms with Crippen LogP contribution in [0.5, 0.6) is 0 Å². The molecule has 0 bridgehead atoms. The number of halogens is 1. The van der Waals surface area contributed by atoms with Crippen molar-refractivity contribution in [3.05, 3.63) is 28.8 Å². The molecule has 5 heteroatoms. The molecule has 0 aromatic heterocycles. The first-order chi connectivity index (χ1) is 9.60. The van der Waals surface area contributed by atoms with E-state index in [1.807, 2.05) is 6.07 Å². The van der Waals surface area contributed by atoms with Gasteiger partial charge in [-0.05, 0) is 50.6 Å². The number of nitrogens with zero attached hydrogens (tertiary/aromatic N) is 1. The van der Waals surface area contributed by atoms with E-state index in [9.17, 15) is 4.79 Å². The summed E-state index contributed by atoms with van der Waals surface area (Å²) in [5.74, 6) is 0.241. The summed E-state index contributed by atoms with van der Waals surface area (Å²) >= 11 is 5.94. The number of ether oxygens (including phenoxy) is 1. The van der Waals surface area contributed by atoms with Gasteiger partial charge in [-0.3, -0.25) is 0 Å². The van der Waals surface area contributed by atoms with Gasteiger partial charge >= 0.3 is 5.97 Å². The lowest BCUT2D eigenvalue weighted by Gasteiger charge is -2.30. The topological polar surface area (TPSA) is 41.6 Å². The van der Waals surface area contributed by atoms with Gasteiger partial charge in [0.25, 0.3) is 0 Å². The Bertz CT molecular complexity index is 479. The lowest BCUT2D eigenvalue weighted by atomic mass is 9.98.